The van der Waals surface area contributed by atoms with Crippen LogP contribution in [0, 0.1) is 21.7 Å². The maximum atomic E-state index is 13.1. The number of Topliss-reactive ketones (excluding diaryl/α,β-unsaturated/α-hetero) is 1. The molecule has 0 atom stereocenters. The van der Waals surface area contributed by atoms with E-state index in [4.69, 9.17) is 14.2 Å². The Balaban J connectivity index is 0.000000251. The van der Waals surface area contributed by atoms with E-state index in [2.05, 4.69) is 10.6 Å². The molecule has 0 radical (unpaired) electrons. The lowest BCUT2D eigenvalue weighted by atomic mass is 9.52. The fourth-order valence-corrected chi connectivity index (χ4v) is 9.50. The van der Waals surface area contributed by atoms with Crippen LogP contribution in [0.4, 0.5) is 9.59 Å². The SMILES string of the molecule is CC(C)(C)OC(=O)NCC12CCC(C(=O)O)(CC1)CC2.COc1ccc(S(=O)(=O)CC(=O)C23CCC(CNC(=O)OC(C)(C)C)(CC2)CC3)cc1. The Morgan fingerprint density at radius 1 is 0.667 bits per heavy atom. The van der Waals surface area contributed by atoms with Gasteiger partial charge >= 0.3 is 18.2 Å². The van der Waals surface area contributed by atoms with Crippen LogP contribution in [0.2, 0.25) is 0 Å². The number of carboxylic acids is 1. The van der Waals surface area contributed by atoms with E-state index >= 15 is 0 Å². The normalized spacial score (nSPS) is 28.5. The average molecular weight is 735 g/mol. The fourth-order valence-electron chi connectivity index (χ4n) is 8.14. The molecule has 4 bridgehead atoms. The molecule has 0 unspecified atom stereocenters. The molecule has 12 nitrogen and oxygen atoms in total. The Morgan fingerprint density at radius 3 is 1.37 bits per heavy atom. The number of hydrogen-bond donors (Lipinski definition) is 3. The number of carbonyl (C=O) groups is 4. The number of rotatable bonds is 10. The van der Waals surface area contributed by atoms with Crippen molar-refractivity contribution < 1.29 is 46.9 Å². The van der Waals surface area contributed by atoms with Gasteiger partial charge in [-0.05, 0) is 154 Å². The minimum atomic E-state index is -3.70. The van der Waals surface area contributed by atoms with Crippen molar-refractivity contribution in [2.24, 2.45) is 21.7 Å². The zero-order valence-corrected chi connectivity index (χ0v) is 32.3. The number of amides is 2. The highest BCUT2D eigenvalue weighted by Crippen LogP contribution is 2.58. The van der Waals surface area contributed by atoms with E-state index in [9.17, 15) is 32.7 Å². The first-order valence-electron chi connectivity index (χ1n) is 18.1. The standard InChI is InChI=1S/C23H33NO6S.C15H25NO4/c1-21(2,3)30-20(26)24-16-22-9-12-23(13-10-22,14-11-22)19(25)15-31(27,28)18-7-5-17(29-4)6-8-18;1-13(2,3)20-12(19)16-10-14-4-7-15(8-5-14,9-6-14)11(17)18/h5-8H,9-16H2,1-4H3,(H,24,26);4-10H2,1-3H3,(H,16,19)(H,17,18). The number of carbonyl (C=O) groups excluding carboxylic acids is 3. The van der Waals surface area contributed by atoms with E-state index < -0.39 is 49.7 Å². The highest BCUT2D eigenvalue weighted by atomic mass is 32.2. The van der Waals surface area contributed by atoms with Gasteiger partial charge < -0.3 is 30.0 Å². The number of benzene rings is 1. The molecule has 7 rings (SSSR count). The van der Waals surface area contributed by atoms with Crippen LogP contribution in [0.1, 0.15) is 119 Å². The predicted octanol–water partition coefficient (Wildman–Crippen LogP) is 6.84. The summed E-state index contributed by atoms with van der Waals surface area (Å²) in [5.74, 6) is -0.731. The van der Waals surface area contributed by atoms with Crippen LogP contribution in [0.25, 0.3) is 0 Å². The predicted molar refractivity (Wildman–Crippen MR) is 191 cm³/mol. The Morgan fingerprint density at radius 2 is 1.04 bits per heavy atom. The summed E-state index contributed by atoms with van der Waals surface area (Å²) in [6.45, 7) is 12.1. The molecule has 0 aliphatic heterocycles. The summed E-state index contributed by atoms with van der Waals surface area (Å²) < 4.78 is 41.2. The molecular formula is C38H58N2O10S. The number of nitrogens with one attached hydrogen (secondary N) is 2. The van der Waals surface area contributed by atoms with Crippen molar-refractivity contribution in [2.75, 3.05) is 26.0 Å². The van der Waals surface area contributed by atoms with Crippen molar-refractivity contribution in [1.29, 1.82) is 0 Å². The van der Waals surface area contributed by atoms with E-state index in [1.807, 2.05) is 41.5 Å². The van der Waals surface area contributed by atoms with Crippen LogP contribution in [0.3, 0.4) is 0 Å². The second kappa shape index (κ2) is 14.9. The van der Waals surface area contributed by atoms with Gasteiger partial charge in [0.1, 0.15) is 22.7 Å². The molecule has 3 N–H and O–H groups in total. The van der Waals surface area contributed by atoms with Crippen LogP contribution < -0.4 is 15.4 Å². The number of ketones is 1. The van der Waals surface area contributed by atoms with Gasteiger partial charge in [0.15, 0.2) is 15.6 Å². The summed E-state index contributed by atoms with van der Waals surface area (Å²) in [5.41, 5.74) is -2.04. The van der Waals surface area contributed by atoms with Gasteiger partial charge in [0.05, 0.1) is 17.4 Å². The topological polar surface area (TPSA) is 174 Å². The van der Waals surface area contributed by atoms with E-state index in [1.54, 1.807) is 12.1 Å². The first-order valence-corrected chi connectivity index (χ1v) is 19.8. The lowest BCUT2D eigenvalue weighted by molar-refractivity contribution is -0.158. The molecule has 0 aromatic heterocycles. The van der Waals surface area contributed by atoms with Crippen molar-refractivity contribution in [3.63, 3.8) is 0 Å². The molecular weight excluding hydrogens is 676 g/mol. The van der Waals surface area contributed by atoms with E-state index in [0.29, 0.717) is 38.1 Å². The van der Waals surface area contributed by atoms with Gasteiger partial charge in [-0.1, -0.05) is 0 Å². The number of aliphatic carboxylic acids is 1. The molecule has 1 aromatic carbocycles. The lowest BCUT2D eigenvalue weighted by Crippen LogP contribution is -2.51. The zero-order chi connectivity index (χ0) is 37.9. The number of carboxylic acid groups (broad SMARTS) is 1. The molecule has 1 aromatic rings. The Hall–Kier alpha value is -3.35. The van der Waals surface area contributed by atoms with Crippen LogP contribution >= 0.6 is 0 Å². The van der Waals surface area contributed by atoms with Gasteiger partial charge in [-0.15, -0.1) is 0 Å². The third kappa shape index (κ3) is 10.2. The number of methoxy groups -OCH3 is 1. The molecule has 0 spiro atoms. The maximum absolute atomic E-state index is 13.1. The highest BCUT2D eigenvalue weighted by molar-refractivity contribution is 7.92. The molecule has 6 aliphatic rings. The molecule has 6 fully saturated rings. The van der Waals surface area contributed by atoms with Gasteiger partial charge in [0.25, 0.3) is 0 Å². The summed E-state index contributed by atoms with van der Waals surface area (Å²) in [6, 6.07) is 6.13. The number of ether oxygens (including phenoxy) is 3. The average Bonchev–Trinajstić information content (AvgIpc) is 3.07. The minimum absolute atomic E-state index is 0.0339. The third-order valence-electron chi connectivity index (χ3n) is 11.6. The zero-order valence-electron chi connectivity index (χ0n) is 31.4. The van der Waals surface area contributed by atoms with Gasteiger partial charge in [-0.2, -0.15) is 0 Å². The molecule has 6 saturated carbocycles. The highest BCUT2D eigenvalue weighted by Gasteiger charge is 2.54. The summed E-state index contributed by atoms with van der Waals surface area (Å²) in [6.07, 6.45) is 8.46. The Bertz CT molecular complexity index is 1510. The molecule has 6 aliphatic carbocycles. The van der Waals surface area contributed by atoms with Crippen LogP contribution in [-0.2, 0) is 28.9 Å². The molecule has 0 saturated heterocycles. The summed E-state index contributed by atoms with van der Waals surface area (Å²) in [7, 11) is -2.18. The largest absolute Gasteiger partial charge is 0.497 e. The van der Waals surface area contributed by atoms with Crippen LogP contribution in [-0.4, -0.2) is 74.6 Å². The Labute approximate surface area is 303 Å². The molecule has 0 heterocycles. The van der Waals surface area contributed by atoms with Crippen LogP contribution in [0.5, 0.6) is 5.75 Å². The molecule has 13 heteroatoms. The van der Waals surface area contributed by atoms with Crippen molar-refractivity contribution in [2.45, 2.75) is 135 Å². The second-order valence-corrected chi connectivity index (χ2v) is 19.4. The quantitative estimate of drug-likeness (QED) is 0.231. The Kier molecular flexibility index (Phi) is 11.8. The number of hydrogen-bond acceptors (Lipinski definition) is 9. The van der Waals surface area contributed by atoms with Crippen molar-refractivity contribution in [3.8, 4) is 5.75 Å². The second-order valence-electron chi connectivity index (χ2n) is 17.4. The van der Waals surface area contributed by atoms with E-state index in [-0.39, 0.29) is 27.6 Å². The van der Waals surface area contributed by atoms with Crippen molar-refractivity contribution in [1.82, 2.24) is 10.6 Å². The molecule has 2 amide bonds. The molecule has 51 heavy (non-hydrogen) atoms. The number of fused-ring (bicyclic) bond motifs is 6. The fraction of sp³-hybridized carbons (Fsp3) is 0.737. The lowest BCUT2D eigenvalue weighted by Gasteiger charge is -2.52. The number of alkyl carbamates (subject to hydrolysis) is 2. The van der Waals surface area contributed by atoms with Gasteiger partial charge in [0, 0.05) is 18.5 Å². The first kappa shape index (κ1) is 40.4. The smallest absolute Gasteiger partial charge is 0.407 e. The van der Waals surface area contributed by atoms with Gasteiger partial charge in [0.2, 0.25) is 0 Å². The molecule has 286 valence electrons. The van der Waals surface area contributed by atoms with Crippen molar-refractivity contribution >= 4 is 33.8 Å². The van der Waals surface area contributed by atoms with Crippen molar-refractivity contribution in [3.05, 3.63) is 24.3 Å². The van der Waals surface area contributed by atoms with E-state index in [1.165, 1.54) is 19.2 Å². The third-order valence-corrected chi connectivity index (χ3v) is 13.2. The minimum Gasteiger partial charge on any atom is -0.497 e. The van der Waals surface area contributed by atoms with Gasteiger partial charge in [-0.25, -0.2) is 18.0 Å². The maximum Gasteiger partial charge on any atom is 0.407 e. The first-order chi connectivity index (χ1) is 23.6. The number of sulfone groups is 1. The summed E-state index contributed by atoms with van der Waals surface area (Å²) in [4.78, 5) is 48.4. The monoisotopic (exact) mass is 734 g/mol. The summed E-state index contributed by atoms with van der Waals surface area (Å²) >= 11 is 0. The van der Waals surface area contributed by atoms with E-state index in [0.717, 1.165) is 57.8 Å². The van der Waals surface area contributed by atoms with Gasteiger partial charge in [-0.3, -0.25) is 9.59 Å². The van der Waals surface area contributed by atoms with Crippen LogP contribution in [0.15, 0.2) is 29.2 Å². The summed E-state index contributed by atoms with van der Waals surface area (Å²) in [5, 5.41) is 15.1.